The van der Waals surface area contributed by atoms with Crippen molar-refractivity contribution in [3.05, 3.63) is 11.5 Å². The lowest BCUT2D eigenvalue weighted by atomic mass is 10.4. The maximum absolute atomic E-state index is 5.89. The summed E-state index contributed by atoms with van der Waals surface area (Å²) in [6.07, 6.45) is 3.90. The van der Waals surface area contributed by atoms with Crippen LogP contribution in [-0.2, 0) is 0 Å². The summed E-state index contributed by atoms with van der Waals surface area (Å²) < 4.78 is 1.83. The number of halogens is 1. The van der Waals surface area contributed by atoms with Crippen LogP contribution in [0.15, 0.2) is 16.4 Å². The van der Waals surface area contributed by atoms with Crippen molar-refractivity contribution in [1.82, 2.24) is 40.4 Å². The van der Waals surface area contributed by atoms with Crippen LogP contribution in [0.1, 0.15) is 18.9 Å². The smallest absolute Gasteiger partial charge is 0.225 e. The minimum atomic E-state index is 0.171. The van der Waals surface area contributed by atoms with E-state index in [-0.39, 0.29) is 5.28 Å². The molecule has 0 atom stereocenters. The molecule has 1 aliphatic carbocycles. The van der Waals surface area contributed by atoms with E-state index in [2.05, 4.69) is 35.7 Å². The van der Waals surface area contributed by atoms with Gasteiger partial charge < -0.3 is 0 Å². The quantitative estimate of drug-likeness (QED) is 0.577. The Morgan fingerprint density at radius 1 is 1.37 bits per heavy atom. The van der Waals surface area contributed by atoms with Gasteiger partial charge in [0, 0.05) is 0 Å². The zero-order valence-electron chi connectivity index (χ0n) is 9.49. The predicted molar refractivity (Wildman–Crippen MR) is 66.9 cm³/mol. The summed E-state index contributed by atoms with van der Waals surface area (Å²) in [6, 6.07) is 0.412. The van der Waals surface area contributed by atoms with Gasteiger partial charge in [0.1, 0.15) is 5.03 Å². The molecular formula is C9H7ClN8S. The molecule has 0 aromatic carbocycles. The zero-order chi connectivity index (χ0) is 12.8. The van der Waals surface area contributed by atoms with Gasteiger partial charge in [-0.1, -0.05) is 0 Å². The van der Waals surface area contributed by atoms with Crippen molar-refractivity contribution in [2.24, 2.45) is 0 Å². The van der Waals surface area contributed by atoms with Crippen LogP contribution >= 0.6 is 23.4 Å². The molecule has 0 unspecified atom stereocenters. The first-order valence-corrected chi connectivity index (χ1v) is 6.83. The number of hydrogen-bond donors (Lipinski definition) is 1. The van der Waals surface area contributed by atoms with E-state index >= 15 is 0 Å². The SMILES string of the molecule is Clc1nc(Sc2nnnn2C2CC2)c2cn[nH]c2n1. The molecule has 0 saturated heterocycles. The molecule has 19 heavy (non-hydrogen) atoms. The summed E-state index contributed by atoms with van der Waals surface area (Å²) >= 11 is 7.26. The average Bonchev–Trinajstić information content (AvgIpc) is 2.94. The molecule has 96 valence electrons. The van der Waals surface area contributed by atoms with Crippen LogP contribution in [0.5, 0.6) is 0 Å². The molecule has 0 bridgehead atoms. The van der Waals surface area contributed by atoms with Crippen LogP contribution in [0.3, 0.4) is 0 Å². The average molecular weight is 295 g/mol. The summed E-state index contributed by atoms with van der Waals surface area (Å²) in [5.41, 5.74) is 0.605. The molecule has 8 nitrogen and oxygen atoms in total. The second-order valence-corrected chi connectivity index (χ2v) is 5.46. The summed E-state index contributed by atoms with van der Waals surface area (Å²) in [5, 5.41) is 20.8. The molecule has 3 aromatic heterocycles. The van der Waals surface area contributed by atoms with Crippen molar-refractivity contribution < 1.29 is 0 Å². The molecule has 1 aliphatic rings. The topological polar surface area (TPSA) is 98.1 Å². The highest BCUT2D eigenvalue weighted by Gasteiger charge is 2.28. The van der Waals surface area contributed by atoms with Crippen molar-refractivity contribution >= 4 is 34.4 Å². The Morgan fingerprint density at radius 3 is 3.11 bits per heavy atom. The van der Waals surface area contributed by atoms with Crippen molar-refractivity contribution in [3.8, 4) is 0 Å². The number of nitrogens with zero attached hydrogens (tertiary/aromatic N) is 7. The Morgan fingerprint density at radius 2 is 2.26 bits per heavy atom. The highest BCUT2D eigenvalue weighted by molar-refractivity contribution is 7.99. The van der Waals surface area contributed by atoms with E-state index in [1.807, 2.05) is 4.68 Å². The van der Waals surface area contributed by atoms with Gasteiger partial charge in [0.25, 0.3) is 0 Å². The molecular weight excluding hydrogens is 288 g/mol. The first kappa shape index (κ1) is 11.1. The molecule has 1 saturated carbocycles. The lowest BCUT2D eigenvalue weighted by Crippen LogP contribution is -1.99. The number of aromatic amines is 1. The number of nitrogens with one attached hydrogen (secondary N) is 1. The molecule has 1 N–H and O–H groups in total. The largest absolute Gasteiger partial charge is 0.261 e. The monoisotopic (exact) mass is 294 g/mol. The molecule has 0 radical (unpaired) electrons. The summed E-state index contributed by atoms with van der Waals surface area (Å²) in [6.45, 7) is 0. The minimum Gasteiger partial charge on any atom is -0.261 e. The van der Waals surface area contributed by atoms with Gasteiger partial charge in [-0.05, 0) is 46.6 Å². The van der Waals surface area contributed by atoms with Crippen molar-refractivity contribution in [3.63, 3.8) is 0 Å². The standard InChI is InChI=1S/C9H7ClN8S/c10-8-12-6-5(3-11-14-6)7(13-8)19-9-15-16-17-18(9)4-1-2-4/h3-4H,1-2H2,(H,11,12,13,14). The van der Waals surface area contributed by atoms with Crippen LogP contribution in [0, 0.1) is 0 Å². The van der Waals surface area contributed by atoms with Crippen LogP contribution in [-0.4, -0.2) is 40.4 Å². The maximum atomic E-state index is 5.89. The fourth-order valence-corrected chi connectivity index (χ4v) is 2.89. The summed E-state index contributed by atoms with van der Waals surface area (Å²) in [5.74, 6) is 0. The highest BCUT2D eigenvalue weighted by atomic mass is 35.5. The number of aromatic nitrogens is 8. The number of hydrogen-bond acceptors (Lipinski definition) is 7. The van der Waals surface area contributed by atoms with Gasteiger partial charge in [0.15, 0.2) is 5.65 Å². The van der Waals surface area contributed by atoms with Crippen molar-refractivity contribution in [2.45, 2.75) is 29.1 Å². The van der Waals surface area contributed by atoms with Crippen LogP contribution < -0.4 is 0 Å². The van der Waals surface area contributed by atoms with E-state index in [0.29, 0.717) is 21.9 Å². The van der Waals surface area contributed by atoms with Crippen LogP contribution in [0.25, 0.3) is 11.0 Å². The molecule has 10 heteroatoms. The van der Waals surface area contributed by atoms with Gasteiger partial charge in [-0.3, -0.25) is 5.10 Å². The molecule has 0 spiro atoms. The van der Waals surface area contributed by atoms with Crippen molar-refractivity contribution in [2.75, 3.05) is 0 Å². The number of H-pyrrole nitrogens is 1. The molecule has 4 rings (SSSR count). The minimum absolute atomic E-state index is 0.171. The molecule has 1 fully saturated rings. The predicted octanol–water partition coefficient (Wildman–Crippen LogP) is 1.48. The lowest BCUT2D eigenvalue weighted by Gasteiger charge is -2.02. The van der Waals surface area contributed by atoms with E-state index in [1.165, 1.54) is 11.8 Å². The van der Waals surface area contributed by atoms with E-state index in [9.17, 15) is 0 Å². The Hall–Kier alpha value is -1.74. The molecule has 3 aromatic rings. The Labute approximate surface area is 116 Å². The van der Waals surface area contributed by atoms with E-state index < -0.39 is 0 Å². The van der Waals surface area contributed by atoms with Gasteiger partial charge in [-0.25, -0.2) is 9.67 Å². The molecule has 3 heterocycles. The lowest BCUT2D eigenvalue weighted by molar-refractivity contribution is 0.565. The second-order valence-electron chi connectivity index (χ2n) is 4.17. The zero-order valence-corrected chi connectivity index (χ0v) is 11.1. The fraction of sp³-hybridized carbons (Fsp3) is 0.333. The van der Waals surface area contributed by atoms with Gasteiger partial charge in [0.2, 0.25) is 10.4 Å². The van der Waals surface area contributed by atoms with Gasteiger partial charge in [-0.15, -0.1) is 5.10 Å². The van der Waals surface area contributed by atoms with Crippen molar-refractivity contribution in [1.29, 1.82) is 0 Å². The Balaban J connectivity index is 1.78. The number of fused-ring (bicyclic) bond motifs is 1. The molecule has 0 amide bonds. The second kappa shape index (κ2) is 4.14. The fourth-order valence-electron chi connectivity index (χ4n) is 1.75. The normalized spacial score (nSPS) is 15.2. The third kappa shape index (κ3) is 1.94. The van der Waals surface area contributed by atoms with E-state index in [4.69, 9.17) is 11.6 Å². The highest BCUT2D eigenvalue weighted by Crippen LogP contribution is 2.38. The Kier molecular flexibility index (Phi) is 2.42. The number of rotatable bonds is 3. The first-order chi connectivity index (χ1) is 9.31. The van der Waals surface area contributed by atoms with Crippen LogP contribution in [0.4, 0.5) is 0 Å². The molecule has 0 aliphatic heterocycles. The maximum Gasteiger partial charge on any atom is 0.225 e. The number of tetrazole rings is 1. The summed E-state index contributed by atoms with van der Waals surface area (Å²) in [7, 11) is 0. The third-order valence-electron chi connectivity index (χ3n) is 2.79. The Bertz CT molecular complexity index is 748. The van der Waals surface area contributed by atoms with Gasteiger partial charge >= 0.3 is 0 Å². The van der Waals surface area contributed by atoms with Crippen LogP contribution in [0.2, 0.25) is 5.28 Å². The van der Waals surface area contributed by atoms with E-state index in [0.717, 1.165) is 18.2 Å². The first-order valence-electron chi connectivity index (χ1n) is 5.63. The third-order valence-corrected chi connectivity index (χ3v) is 3.92. The van der Waals surface area contributed by atoms with Gasteiger partial charge in [0.05, 0.1) is 17.6 Å². The van der Waals surface area contributed by atoms with E-state index in [1.54, 1.807) is 6.20 Å². The summed E-state index contributed by atoms with van der Waals surface area (Å²) in [4.78, 5) is 8.28. The van der Waals surface area contributed by atoms with Gasteiger partial charge in [-0.2, -0.15) is 10.1 Å².